The van der Waals surface area contributed by atoms with Crippen LogP contribution in [0, 0.1) is 24.6 Å². The van der Waals surface area contributed by atoms with Crippen molar-refractivity contribution < 1.29 is 31.4 Å². The van der Waals surface area contributed by atoms with Crippen molar-refractivity contribution in [2.24, 2.45) is 11.8 Å². The van der Waals surface area contributed by atoms with Gasteiger partial charge in [0, 0.05) is 31.1 Å². The third-order valence-corrected chi connectivity index (χ3v) is 7.76. The predicted octanol–water partition coefficient (Wildman–Crippen LogP) is 4.97. The standard InChI is InChI=1S/C28H28F5N3O4/c1-14-5-20(30)3-4-21(14)24-22-12-36(23-10-34-27(38)35-25(23)37)11-18(22)13-39-26(24)40-15(2)17-6-16(9-29)7-19(8-17)28(31,32)33/h3-8,10,15,18,22,24,26H,9,11-13H2,1-2H3,(H2,34,35,37,38)/t15-,18+,22-,24+,26-/m1/s1. The molecule has 5 rings (SSSR count). The summed E-state index contributed by atoms with van der Waals surface area (Å²) >= 11 is 0. The van der Waals surface area contributed by atoms with Gasteiger partial charge in [0.1, 0.15) is 18.2 Å². The zero-order valence-corrected chi connectivity index (χ0v) is 21.7. The third kappa shape index (κ3) is 5.55. The number of rotatable bonds is 6. The molecule has 3 aromatic rings. The Bertz CT molecular complexity index is 1500. The summed E-state index contributed by atoms with van der Waals surface area (Å²) in [4.78, 5) is 30.5. The van der Waals surface area contributed by atoms with Crippen LogP contribution in [0.15, 0.2) is 52.2 Å². The number of nitrogens with zero attached hydrogens (tertiary/aromatic N) is 1. The second-order valence-corrected chi connectivity index (χ2v) is 10.4. The van der Waals surface area contributed by atoms with Crippen LogP contribution in [-0.4, -0.2) is 36.0 Å². The summed E-state index contributed by atoms with van der Waals surface area (Å²) in [5.41, 5.74) is -0.412. The Kier molecular flexibility index (Phi) is 7.58. The van der Waals surface area contributed by atoms with Crippen molar-refractivity contribution in [3.05, 3.63) is 97.1 Å². The van der Waals surface area contributed by atoms with Gasteiger partial charge in [0.25, 0.3) is 5.56 Å². The maximum absolute atomic E-state index is 14.0. The van der Waals surface area contributed by atoms with Crippen LogP contribution >= 0.6 is 0 Å². The Morgan fingerprint density at radius 3 is 2.60 bits per heavy atom. The number of fused-ring (bicyclic) bond motifs is 1. The number of aromatic amines is 2. The van der Waals surface area contributed by atoms with E-state index in [0.717, 1.165) is 17.7 Å². The van der Waals surface area contributed by atoms with Crippen molar-refractivity contribution in [1.82, 2.24) is 9.97 Å². The van der Waals surface area contributed by atoms with Gasteiger partial charge in [-0.15, -0.1) is 0 Å². The number of alkyl halides is 4. The Labute approximate surface area is 225 Å². The second-order valence-electron chi connectivity index (χ2n) is 10.4. The first kappa shape index (κ1) is 28.0. The molecular formula is C28H28F5N3O4. The zero-order chi connectivity index (χ0) is 28.8. The molecule has 2 aliphatic rings. The fourth-order valence-electron chi connectivity index (χ4n) is 5.83. The van der Waals surface area contributed by atoms with E-state index in [4.69, 9.17) is 9.47 Å². The van der Waals surface area contributed by atoms with Crippen LogP contribution in [0.1, 0.15) is 46.8 Å². The van der Waals surface area contributed by atoms with Crippen LogP contribution in [0.4, 0.5) is 27.6 Å². The third-order valence-electron chi connectivity index (χ3n) is 7.76. The van der Waals surface area contributed by atoms with E-state index in [-0.39, 0.29) is 35.3 Å². The average molecular weight is 566 g/mol. The highest BCUT2D eigenvalue weighted by molar-refractivity contribution is 5.44. The molecular weight excluding hydrogens is 537 g/mol. The average Bonchev–Trinajstić information content (AvgIpc) is 3.32. The number of aromatic nitrogens is 2. The van der Waals surface area contributed by atoms with Crippen molar-refractivity contribution >= 4 is 5.69 Å². The summed E-state index contributed by atoms with van der Waals surface area (Å²) in [7, 11) is 0. The van der Waals surface area contributed by atoms with E-state index >= 15 is 0 Å². The molecule has 3 heterocycles. The molecule has 2 saturated heterocycles. The molecule has 2 aromatic carbocycles. The summed E-state index contributed by atoms with van der Waals surface area (Å²) in [6.45, 7) is 3.35. The Morgan fingerprint density at radius 1 is 1.15 bits per heavy atom. The number of nitrogens with one attached hydrogen (secondary N) is 2. The minimum atomic E-state index is -4.66. The van der Waals surface area contributed by atoms with Crippen molar-refractivity contribution in [1.29, 1.82) is 0 Å². The molecule has 2 aliphatic heterocycles. The van der Waals surface area contributed by atoms with Gasteiger partial charge < -0.3 is 19.4 Å². The Morgan fingerprint density at radius 2 is 1.93 bits per heavy atom. The molecule has 0 spiro atoms. The smallest absolute Gasteiger partial charge is 0.365 e. The van der Waals surface area contributed by atoms with E-state index in [1.807, 2.05) is 4.90 Å². The topological polar surface area (TPSA) is 87.4 Å². The molecule has 7 nitrogen and oxygen atoms in total. The maximum atomic E-state index is 14.0. The van der Waals surface area contributed by atoms with Crippen molar-refractivity contribution in [2.75, 3.05) is 24.6 Å². The minimum Gasteiger partial charge on any atom is -0.365 e. The highest BCUT2D eigenvalue weighted by Crippen LogP contribution is 2.46. The highest BCUT2D eigenvalue weighted by Gasteiger charge is 2.48. The van der Waals surface area contributed by atoms with E-state index in [1.165, 1.54) is 24.4 Å². The number of benzene rings is 2. The van der Waals surface area contributed by atoms with Gasteiger partial charge in [-0.3, -0.25) is 9.78 Å². The first-order valence-electron chi connectivity index (χ1n) is 12.8. The second kappa shape index (κ2) is 10.8. The number of ether oxygens (including phenoxy) is 2. The number of hydrogen-bond acceptors (Lipinski definition) is 5. The Hall–Kier alpha value is -3.51. The lowest BCUT2D eigenvalue weighted by Crippen LogP contribution is -2.42. The minimum absolute atomic E-state index is 0.0531. The SMILES string of the molecule is Cc1cc(F)ccc1[C@@H]1[C@@H](O[C@H](C)c2cc(CF)cc(C(F)(F)F)c2)OC[C@@H]2CN(c3c[nH]c(=O)[nH]c3=O)C[C@H]21. The fraction of sp³-hybridized carbons (Fsp3) is 0.429. The van der Waals surface area contributed by atoms with E-state index < -0.39 is 53.8 Å². The summed E-state index contributed by atoms with van der Waals surface area (Å²) in [6.07, 6.45) is -5.12. The van der Waals surface area contributed by atoms with Gasteiger partial charge in [0.2, 0.25) is 0 Å². The number of halogens is 5. The zero-order valence-electron chi connectivity index (χ0n) is 21.7. The van der Waals surface area contributed by atoms with E-state index in [2.05, 4.69) is 9.97 Å². The van der Waals surface area contributed by atoms with Gasteiger partial charge >= 0.3 is 11.9 Å². The van der Waals surface area contributed by atoms with Crippen LogP contribution in [0.3, 0.4) is 0 Å². The summed E-state index contributed by atoms with van der Waals surface area (Å²) in [5.74, 6) is -1.07. The quantitative estimate of drug-likeness (QED) is 0.413. The number of hydrogen-bond donors (Lipinski definition) is 2. The number of anilines is 1. The normalized spacial score (nSPS) is 23.7. The molecule has 214 valence electrons. The molecule has 1 aromatic heterocycles. The molecule has 0 amide bonds. The van der Waals surface area contributed by atoms with Gasteiger partial charge in [0.15, 0.2) is 6.29 Å². The van der Waals surface area contributed by atoms with Crippen molar-refractivity contribution in [2.45, 2.75) is 45.0 Å². The largest absolute Gasteiger partial charge is 0.416 e. The lowest BCUT2D eigenvalue weighted by atomic mass is 9.76. The molecule has 0 aliphatic carbocycles. The van der Waals surface area contributed by atoms with E-state index in [1.54, 1.807) is 19.9 Å². The lowest BCUT2D eigenvalue weighted by molar-refractivity contribution is -0.217. The van der Waals surface area contributed by atoms with Crippen LogP contribution in [0.2, 0.25) is 0 Å². The molecule has 40 heavy (non-hydrogen) atoms. The molecule has 0 radical (unpaired) electrons. The molecule has 2 N–H and O–H groups in total. The summed E-state index contributed by atoms with van der Waals surface area (Å²) in [6, 6.07) is 7.40. The number of H-pyrrole nitrogens is 2. The van der Waals surface area contributed by atoms with Crippen LogP contribution < -0.4 is 16.1 Å². The Balaban J connectivity index is 1.48. The van der Waals surface area contributed by atoms with Crippen LogP contribution in [0.25, 0.3) is 0 Å². The fourth-order valence-corrected chi connectivity index (χ4v) is 5.83. The predicted molar refractivity (Wildman–Crippen MR) is 136 cm³/mol. The van der Waals surface area contributed by atoms with Crippen LogP contribution in [0.5, 0.6) is 0 Å². The number of aryl methyl sites for hydroxylation is 1. The monoisotopic (exact) mass is 565 g/mol. The van der Waals surface area contributed by atoms with E-state index in [9.17, 15) is 31.5 Å². The van der Waals surface area contributed by atoms with Gasteiger partial charge in [-0.2, -0.15) is 13.2 Å². The first-order valence-corrected chi connectivity index (χ1v) is 12.8. The molecule has 0 unspecified atom stereocenters. The van der Waals surface area contributed by atoms with E-state index in [0.29, 0.717) is 18.7 Å². The molecule has 0 bridgehead atoms. The molecule has 12 heteroatoms. The first-order chi connectivity index (χ1) is 18.9. The van der Waals surface area contributed by atoms with Crippen molar-refractivity contribution in [3.63, 3.8) is 0 Å². The molecule has 5 atom stereocenters. The van der Waals surface area contributed by atoms with Crippen molar-refractivity contribution in [3.8, 4) is 0 Å². The lowest BCUT2D eigenvalue weighted by Gasteiger charge is -2.41. The molecule has 2 fully saturated rings. The van der Waals surface area contributed by atoms with Gasteiger partial charge in [0.05, 0.1) is 18.3 Å². The van der Waals surface area contributed by atoms with Crippen LogP contribution in [-0.2, 0) is 22.3 Å². The highest BCUT2D eigenvalue weighted by atomic mass is 19.4. The van der Waals surface area contributed by atoms with Gasteiger partial charge in [-0.05, 0) is 66.3 Å². The summed E-state index contributed by atoms with van der Waals surface area (Å²) < 4.78 is 80.2. The van der Waals surface area contributed by atoms with Gasteiger partial charge in [-0.25, -0.2) is 13.6 Å². The maximum Gasteiger partial charge on any atom is 0.416 e. The van der Waals surface area contributed by atoms with Gasteiger partial charge in [-0.1, -0.05) is 12.1 Å². The summed E-state index contributed by atoms with van der Waals surface area (Å²) in [5, 5.41) is 0. The molecule has 0 saturated carbocycles.